The van der Waals surface area contributed by atoms with E-state index in [4.69, 9.17) is 0 Å². The molecule has 0 aliphatic heterocycles. The summed E-state index contributed by atoms with van der Waals surface area (Å²) in [5.74, 6) is 0. The second-order valence-corrected chi connectivity index (χ2v) is 11.3. The predicted octanol–water partition coefficient (Wildman–Crippen LogP) is -3.65. The average Bonchev–Trinajstić information content (AvgIpc) is 2.70. The molecule has 12 nitrogen and oxygen atoms in total. The van der Waals surface area contributed by atoms with Crippen molar-refractivity contribution in [2.45, 2.75) is 62.4 Å². The van der Waals surface area contributed by atoms with Crippen LogP contribution in [0.1, 0.15) is 38.8 Å². The van der Waals surface area contributed by atoms with E-state index in [9.17, 15) is 35.5 Å². The Bertz CT molecular complexity index is 1250. The first-order valence-corrected chi connectivity index (χ1v) is 13.7. The van der Waals surface area contributed by atoms with E-state index < -0.39 is 42.1 Å². The number of urea groups is 2. The molecule has 0 saturated heterocycles. The van der Waals surface area contributed by atoms with E-state index in [0.717, 1.165) is 12.1 Å². The minimum Gasteiger partial charge on any atom is -0.744 e. The molecule has 4 N–H and O–H groups in total. The number of nitrogens with one attached hydrogen (secondary N) is 4. The second kappa shape index (κ2) is 15.6. The zero-order valence-electron chi connectivity index (χ0n) is 22.1. The largest absolute Gasteiger partial charge is 1.00 e. The SMILES string of the molecule is CC(C)NC(=O)Nc1ccc(CCc2ccc(NC(=O)NC(C)C)cc2S(=O)(=O)[O-])c(S(=O)(=O)[O-])c1.[Na+].[Na+]. The van der Waals surface area contributed by atoms with Gasteiger partial charge in [-0.15, -0.1) is 0 Å². The molecule has 0 atom stereocenters. The van der Waals surface area contributed by atoms with Gasteiger partial charge in [0.2, 0.25) is 0 Å². The van der Waals surface area contributed by atoms with Crippen LogP contribution in [0, 0.1) is 0 Å². The van der Waals surface area contributed by atoms with Crippen LogP contribution in [0.2, 0.25) is 0 Å². The van der Waals surface area contributed by atoms with Crippen molar-refractivity contribution < 1.29 is 94.6 Å². The number of rotatable bonds is 9. The normalized spacial score (nSPS) is 11.3. The molecule has 0 unspecified atom stereocenters. The molecule has 16 heteroatoms. The van der Waals surface area contributed by atoms with Crippen molar-refractivity contribution >= 4 is 43.7 Å². The van der Waals surface area contributed by atoms with Crippen LogP contribution in [0.3, 0.4) is 0 Å². The third-order valence-electron chi connectivity index (χ3n) is 4.69. The van der Waals surface area contributed by atoms with E-state index >= 15 is 0 Å². The summed E-state index contributed by atoms with van der Waals surface area (Å²) in [4.78, 5) is 22.6. The van der Waals surface area contributed by atoms with Crippen LogP contribution in [-0.4, -0.2) is 50.1 Å². The third-order valence-corrected chi connectivity index (χ3v) is 6.53. The van der Waals surface area contributed by atoms with Gasteiger partial charge in [0.1, 0.15) is 20.2 Å². The van der Waals surface area contributed by atoms with Crippen molar-refractivity contribution in [1.29, 1.82) is 0 Å². The molecule has 38 heavy (non-hydrogen) atoms. The minimum absolute atomic E-state index is 0. The van der Waals surface area contributed by atoms with E-state index in [0.29, 0.717) is 0 Å². The Morgan fingerprint density at radius 1 is 0.684 bits per heavy atom. The van der Waals surface area contributed by atoms with Crippen molar-refractivity contribution in [2.75, 3.05) is 10.6 Å². The summed E-state index contributed by atoms with van der Waals surface area (Å²) in [5, 5.41) is 10.00. The van der Waals surface area contributed by atoms with Crippen LogP contribution in [0.15, 0.2) is 46.2 Å². The van der Waals surface area contributed by atoms with E-state index in [1.54, 1.807) is 27.7 Å². The summed E-state index contributed by atoms with van der Waals surface area (Å²) in [7, 11) is -9.89. The fraction of sp³-hybridized carbons (Fsp3) is 0.364. The van der Waals surface area contributed by atoms with Crippen LogP contribution in [0.5, 0.6) is 0 Å². The molecule has 198 valence electrons. The molecule has 4 amide bonds. The first kappa shape index (κ1) is 36.8. The van der Waals surface area contributed by atoms with Gasteiger partial charge in [-0.2, -0.15) is 0 Å². The molecule has 2 aromatic carbocycles. The van der Waals surface area contributed by atoms with Gasteiger partial charge in [-0.25, -0.2) is 26.4 Å². The van der Waals surface area contributed by atoms with Gasteiger partial charge in [-0.05, 0) is 75.9 Å². The van der Waals surface area contributed by atoms with Gasteiger partial charge in [0.15, 0.2) is 0 Å². The predicted molar refractivity (Wildman–Crippen MR) is 131 cm³/mol. The summed E-state index contributed by atoms with van der Waals surface area (Å²) in [5.41, 5.74) is 0.300. The first-order valence-electron chi connectivity index (χ1n) is 10.9. The number of amides is 4. The van der Waals surface area contributed by atoms with Crippen LogP contribution >= 0.6 is 0 Å². The fourth-order valence-corrected chi connectivity index (χ4v) is 4.80. The Morgan fingerprint density at radius 2 is 1.00 bits per heavy atom. The zero-order chi connectivity index (χ0) is 27.3. The number of carbonyl (C=O) groups excluding carboxylic acids is 2. The molecule has 0 aliphatic carbocycles. The second-order valence-electron chi connectivity index (χ2n) is 8.56. The number of hydrogen-bond acceptors (Lipinski definition) is 8. The number of benzene rings is 2. The molecule has 0 aromatic heterocycles. The van der Waals surface area contributed by atoms with Gasteiger partial charge in [0.25, 0.3) is 0 Å². The maximum atomic E-state index is 11.9. The molecule has 0 fully saturated rings. The third kappa shape index (κ3) is 11.9. The molecule has 0 saturated carbocycles. The van der Waals surface area contributed by atoms with Crippen molar-refractivity contribution in [3.05, 3.63) is 47.5 Å². The van der Waals surface area contributed by atoms with E-state index in [2.05, 4.69) is 21.3 Å². The van der Waals surface area contributed by atoms with E-state index in [1.165, 1.54) is 24.3 Å². The van der Waals surface area contributed by atoms with Gasteiger partial charge in [-0.3, -0.25) is 0 Å². The van der Waals surface area contributed by atoms with Crippen LogP contribution in [0.25, 0.3) is 0 Å². The molecule has 0 radical (unpaired) electrons. The topological polar surface area (TPSA) is 197 Å². The number of aryl methyl sites for hydroxylation is 2. The summed E-state index contributed by atoms with van der Waals surface area (Å²) in [6.07, 6.45) is -0.198. The molecule has 0 heterocycles. The van der Waals surface area contributed by atoms with Gasteiger partial charge < -0.3 is 30.4 Å². The van der Waals surface area contributed by atoms with Crippen molar-refractivity contribution in [3.8, 4) is 0 Å². The molecule has 2 aromatic rings. The Morgan fingerprint density at radius 3 is 1.26 bits per heavy atom. The molecule has 0 spiro atoms. The molecular formula is C22H28N4Na2O8S2. The van der Waals surface area contributed by atoms with Crippen molar-refractivity contribution in [2.24, 2.45) is 0 Å². The smallest absolute Gasteiger partial charge is 0.744 e. The standard InChI is InChI=1S/C22H30N4O8S2.2Na/c1-13(2)23-21(27)25-17-9-7-15(19(11-17)35(29,30)31)5-6-16-8-10-18(12-20(16)36(32,33)34)26-22(28)24-14(3)4;;/h7-14H,5-6H2,1-4H3,(H2,23,25,27)(H2,24,26,28)(H,29,30,31)(H,32,33,34);;/q;2*+1/p-2. The molecule has 0 bridgehead atoms. The summed E-state index contributed by atoms with van der Waals surface area (Å²) >= 11 is 0. The Labute approximate surface area is 267 Å². The maximum Gasteiger partial charge on any atom is 1.00 e. The Balaban J connectivity index is 0.00000684. The minimum atomic E-state index is -4.94. The van der Waals surface area contributed by atoms with Gasteiger partial charge in [-0.1, -0.05) is 12.1 Å². The average molecular weight is 587 g/mol. The molecule has 0 aliphatic rings. The van der Waals surface area contributed by atoms with Gasteiger partial charge in [0, 0.05) is 23.5 Å². The summed E-state index contributed by atoms with van der Waals surface area (Å²) in [6, 6.07) is 5.95. The van der Waals surface area contributed by atoms with Gasteiger partial charge in [0.05, 0.1) is 9.79 Å². The number of carbonyl (C=O) groups is 2. The van der Waals surface area contributed by atoms with E-state index in [1.807, 2.05) is 0 Å². The van der Waals surface area contributed by atoms with Gasteiger partial charge >= 0.3 is 71.2 Å². The van der Waals surface area contributed by atoms with Crippen molar-refractivity contribution in [1.82, 2.24) is 10.6 Å². The Hall–Kier alpha value is -1.20. The monoisotopic (exact) mass is 586 g/mol. The Kier molecular flexibility index (Phi) is 15.1. The molecular weight excluding hydrogens is 558 g/mol. The molecule has 2 rings (SSSR count). The maximum absolute atomic E-state index is 11.9. The zero-order valence-corrected chi connectivity index (χ0v) is 27.7. The van der Waals surface area contributed by atoms with Crippen LogP contribution < -0.4 is 80.4 Å². The fourth-order valence-electron chi connectivity index (χ4n) is 3.27. The quantitative estimate of drug-likeness (QED) is 0.170. The van der Waals surface area contributed by atoms with Crippen LogP contribution in [0.4, 0.5) is 21.0 Å². The summed E-state index contributed by atoms with van der Waals surface area (Å²) in [6.45, 7) is 6.93. The summed E-state index contributed by atoms with van der Waals surface area (Å²) < 4.78 is 71.1. The van der Waals surface area contributed by atoms with Crippen molar-refractivity contribution in [3.63, 3.8) is 0 Å². The van der Waals surface area contributed by atoms with Crippen LogP contribution in [-0.2, 0) is 33.1 Å². The number of anilines is 2. The first-order chi connectivity index (χ1) is 16.6. The number of hydrogen-bond donors (Lipinski definition) is 4. The van der Waals surface area contributed by atoms with E-state index in [-0.39, 0.29) is 107 Å².